The molecule has 1 aromatic carbocycles. The Hall–Kier alpha value is -2.39. The lowest BCUT2D eigenvalue weighted by Gasteiger charge is -2.14. The van der Waals surface area contributed by atoms with E-state index in [-0.39, 0.29) is 27.4 Å². The van der Waals surface area contributed by atoms with Gasteiger partial charge < -0.3 is 10.1 Å². The maximum absolute atomic E-state index is 12.4. The van der Waals surface area contributed by atoms with Crippen LogP contribution in [-0.4, -0.2) is 32.9 Å². The second-order valence-corrected chi connectivity index (χ2v) is 9.21. The molecule has 0 unspecified atom stereocenters. The van der Waals surface area contributed by atoms with E-state index in [1.165, 1.54) is 18.2 Å². The largest absolute Gasteiger partial charge is 0.452 e. The Balaban J connectivity index is 1.64. The molecule has 2 aromatic rings. The number of thiophene rings is 1. The van der Waals surface area contributed by atoms with Crippen LogP contribution in [0.25, 0.3) is 0 Å². The molecule has 3 rings (SSSR count). The van der Waals surface area contributed by atoms with E-state index in [2.05, 4.69) is 10.0 Å². The number of sulfonamides is 1. The third kappa shape index (κ3) is 5.08. The number of anilines is 1. The van der Waals surface area contributed by atoms with Gasteiger partial charge in [-0.3, -0.25) is 9.52 Å². The van der Waals surface area contributed by atoms with E-state index < -0.39 is 22.6 Å². The summed E-state index contributed by atoms with van der Waals surface area (Å²) in [6.45, 7) is 1.51. The number of amides is 1. The summed E-state index contributed by atoms with van der Waals surface area (Å²) in [4.78, 5) is 24.2. The van der Waals surface area contributed by atoms with E-state index in [9.17, 15) is 18.0 Å². The van der Waals surface area contributed by atoms with Gasteiger partial charge >= 0.3 is 5.97 Å². The van der Waals surface area contributed by atoms with Crippen LogP contribution in [-0.2, 0) is 19.6 Å². The fraction of sp³-hybridized carbons (Fsp3) is 0.333. The summed E-state index contributed by atoms with van der Waals surface area (Å²) in [5.41, 5.74) is 0.142. The van der Waals surface area contributed by atoms with Crippen molar-refractivity contribution in [3.63, 3.8) is 0 Å². The molecule has 1 aliphatic rings. The summed E-state index contributed by atoms with van der Waals surface area (Å²) in [5.74, 6) is -0.648. The van der Waals surface area contributed by atoms with Gasteiger partial charge in [0, 0.05) is 6.04 Å². The van der Waals surface area contributed by atoms with E-state index in [0.29, 0.717) is 5.92 Å². The minimum Gasteiger partial charge on any atom is -0.452 e. The second-order valence-electron chi connectivity index (χ2n) is 6.35. The van der Waals surface area contributed by atoms with Crippen molar-refractivity contribution in [1.82, 2.24) is 5.32 Å². The van der Waals surface area contributed by atoms with Crippen LogP contribution in [0.5, 0.6) is 0 Å². The van der Waals surface area contributed by atoms with Crippen LogP contribution in [0.15, 0.2) is 46.0 Å². The van der Waals surface area contributed by atoms with Crippen molar-refractivity contribution in [2.75, 3.05) is 11.3 Å². The van der Waals surface area contributed by atoms with Gasteiger partial charge in [0.25, 0.3) is 15.9 Å². The summed E-state index contributed by atoms with van der Waals surface area (Å²) in [6, 6.07) is 9.26. The number of nitrogens with one attached hydrogen (secondary N) is 2. The Kier molecular flexibility index (Phi) is 5.81. The maximum Gasteiger partial charge on any atom is 0.340 e. The number of esters is 1. The van der Waals surface area contributed by atoms with Gasteiger partial charge in [-0.05, 0) is 49.3 Å². The third-order valence-electron chi connectivity index (χ3n) is 4.20. The Morgan fingerprint density at radius 1 is 1.22 bits per heavy atom. The smallest absolute Gasteiger partial charge is 0.340 e. The lowest BCUT2D eigenvalue weighted by molar-refractivity contribution is -0.124. The monoisotopic (exact) mass is 408 g/mol. The van der Waals surface area contributed by atoms with Crippen LogP contribution < -0.4 is 10.0 Å². The molecule has 1 saturated carbocycles. The van der Waals surface area contributed by atoms with Gasteiger partial charge in [0.05, 0.1) is 11.3 Å². The van der Waals surface area contributed by atoms with Gasteiger partial charge in [0.1, 0.15) is 4.21 Å². The summed E-state index contributed by atoms with van der Waals surface area (Å²) >= 11 is 1.07. The zero-order valence-corrected chi connectivity index (χ0v) is 16.3. The number of benzene rings is 1. The zero-order valence-electron chi connectivity index (χ0n) is 14.7. The Bertz CT molecular complexity index is 921. The lowest BCUT2D eigenvalue weighted by Crippen LogP contribution is -2.37. The second kappa shape index (κ2) is 8.10. The van der Waals surface area contributed by atoms with Gasteiger partial charge in [0.2, 0.25) is 0 Å². The third-order valence-corrected chi connectivity index (χ3v) is 6.97. The maximum atomic E-state index is 12.4. The summed E-state index contributed by atoms with van der Waals surface area (Å²) < 4.78 is 32.3. The standard InChI is InChI=1S/C18H20N2O5S2/c1-12(13-8-9-13)19-16(21)11-25-18(22)14-5-2-3-6-15(14)20-27(23,24)17-7-4-10-26-17/h2-7,10,12-13,20H,8-9,11H2,1H3,(H,19,21)/t12-/m0/s1. The first kappa shape index (κ1) is 19.4. The van der Waals surface area contributed by atoms with Gasteiger partial charge in [-0.2, -0.15) is 0 Å². The SMILES string of the molecule is C[C@H](NC(=O)COC(=O)c1ccccc1NS(=O)(=O)c1cccs1)C1CC1. The average Bonchev–Trinajstić information content (AvgIpc) is 3.33. The Labute approximate surface area is 161 Å². The molecular weight excluding hydrogens is 388 g/mol. The molecule has 0 saturated heterocycles. The molecule has 1 fully saturated rings. The molecule has 27 heavy (non-hydrogen) atoms. The van der Waals surface area contributed by atoms with Crippen molar-refractivity contribution in [2.24, 2.45) is 5.92 Å². The summed E-state index contributed by atoms with van der Waals surface area (Å²) in [7, 11) is -3.79. The number of carbonyl (C=O) groups excluding carboxylic acids is 2. The minimum absolute atomic E-state index is 0.0423. The Morgan fingerprint density at radius 2 is 1.96 bits per heavy atom. The van der Waals surface area contributed by atoms with Gasteiger partial charge in [0.15, 0.2) is 6.61 Å². The predicted molar refractivity (Wildman–Crippen MR) is 102 cm³/mol. The van der Waals surface area contributed by atoms with Gasteiger partial charge in [-0.25, -0.2) is 13.2 Å². The first-order valence-electron chi connectivity index (χ1n) is 8.48. The van der Waals surface area contributed by atoms with E-state index in [4.69, 9.17) is 4.74 Å². The lowest BCUT2D eigenvalue weighted by atomic mass is 10.2. The fourth-order valence-corrected chi connectivity index (χ4v) is 4.65. The molecule has 1 aliphatic carbocycles. The van der Waals surface area contributed by atoms with Crippen LogP contribution >= 0.6 is 11.3 Å². The average molecular weight is 409 g/mol. The van der Waals surface area contributed by atoms with Crippen LogP contribution in [0.1, 0.15) is 30.1 Å². The molecule has 0 aliphatic heterocycles. The highest BCUT2D eigenvalue weighted by molar-refractivity contribution is 7.94. The van der Waals surface area contributed by atoms with Gasteiger partial charge in [-0.1, -0.05) is 18.2 Å². The summed E-state index contributed by atoms with van der Waals surface area (Å²) in [6.07, 6.45) is 2.19. The first-order valence-corrected chi connectivity index (χ1v) is 10.8. The highest BCUT2D eigenvalue weighted by Gasteiger charge is 2.29. The molecule has 9 heteroatoms. The molecule has 0 radical (unpaired) electrons. The molecule has 144 valence electrons. The van der Waals surface area contributed by atoms with Crippen LogP contribution in [0.3, 0.4) is 0 Å². The van der Waals surface area contributed by atoms with Crippen LogP contribution in [0.4, 0.5) is 5.69 Å². The molecule has 2 N–H and O–H groups in total. The molecule has 0 bridgehead atoms. The number of rotatable bonds is 8. The van der Waals surface area contributed by atoms with Crippen molar-refractivity contribution < 1.29 is 22.7 Å². The molecule has 1 atom stereocenters. The van der Waals surface area contributed by atoms with Gasteiger partial charge in [-0.15, -0.1) is 11.3 Å². The van der Waals surface area contributed by atoms with E-state index in [1.807, 2.05) is 6.92 Å². The molecular formula is C18H20N2O5S2. The van der Waals surface area contributed by atoms with Crippen LogP contribution in [0.2, 0.25) is 0 Å². The van der Waals surface area contributed by atoms with Crippen molar-refractivity contribution in [1.29, 1.82) is 0 Å². The Morgan fingerprint density at radius 3 is 2.63 bits per heavy atom. The summed E-state index contributed by atoms with van der Waals surface area (Å²) in [5, 5.41) is 4.44. The predicted octanol–water partition coefficient (Wildman–Crippen LogP) is 2.62. The highest BCUT2D eigenvalue weighted by Crippen LogP contribution is 2.32. The number of hydrogen-bond acceptors (Lipinski definition) is 6. The zero-order chi connectivity index (χ0) is 19.4. The molecule has 1 aromatic heterocycles. The minimum atomic E-state index is -3.79. The van der Waals surface area contributed by atoms with E-state index in [0.717, 1.165) is 24.2 Å². The quantitative estimate of drug-likeness (QED) is 0.654. The first-order chi connectivity index (χ1) is 12.9. The van der Waals surface area contributed by atoms with Crippen LogP contribution in [0, 0.1) is 5.92 Å². The van der Waals surface area contributed by atoms with Crippen molar-refractivity contribution in [2.45, 2.75) is 30.0 Å². The number of carbonyl (C=O) groups is 2. The highest BCUT2D eigenvalue weighted by atomic mass is 32.2. The van der Waals surface area contributed by atoms with E-state index >= 15 is 0 Å². The number of hydrogen-bond donors (Lipinski definition) is 2. The number of para-hydroxylation sites is 1. The van der Waals surface area contributed by atoms with Crippen molar-refractivity contribution >= 4 is 38.9 Å². The normalized spacial score (nSPS) is 15.0. The molecule has 1 amide bonds. The topological polar surface area (TPSA) is 102 Å². The fourth-order valence-electron chi connectivity index (χ4n) is 2.58. The van der Waals surface area contributed by atoms with E-state index in [1.54, 1.807) is 23.6 Å². The molecule has 7 nitrogen and oxygen atoms in total. The molecule has 0 spiro atoms. The van der Waals surface area contributed by atoms with Crippen molar-refractivity contribution in [3.05, 3.63) is 47.3 Å². The number of ether oxygens (including phenoxy) is 1. The van der Waals surface area contributed by atoms with Crippen molar-refractivity contribution in [3.8, 4) is 0 Å². The molecule has 1 heterocycles.